The van der Waals surface area contributed by atoms with Crippen LogP contribution in [0.2, 0.25) is 0 Å². The standard InChI is InChI=1S/C17H14F3N3O4S/c1-10(24)21-11-2-5-13(6-3-11)28-9-16(25)22-15-7-4-12(23(26)27)8-14(15)17(18,19)20/h2-8H,9H2,1H3,(H,21,24)(H,22,25). The summed E-state index contributed by atoms with van der Waals surface area (Å²) in [6.07, 6.45) is -4.86. The zero-order valence-electron chi connectivity index (χ0n) is 14.4. The van der Waals surface area contributed by atoms with Gasteiger partial charge in [-0.05, 0) is 30.3 Å². The fraction of sp³-hybridized carbons (Fsp3) is 0.176. The summed E-state index contributed by atoms with van der Waals surface area (Å²) in [5.74, 6) is -1.10. The minimum Gasteiger partial charge on any atom is -0.326 e. The molecular formula is C17H14F3N3O4S. The van der Waals surface area contributed by atoms with Crippen LogP contribution in [0.3, 0.4) is 0 Å². The molecule has 0 aliphatic heterocycles. The van der Waals surface area contributed by atoms with E-state index in [1.165, 1.54) is 6.92 Å². The maximum absolute atomic E-state index is 13.1. The van der Waals surface area contributed by atoms with Crippen LogP contribution in [0.15, 0.2) is 47.4 Å². The number of nitrogens with one attached hydrogen (secondary N) is 2. The van der Waals surface area contributed by atoms with Crippen molar-refractivity contribution in [2.24, 2.45) is 0 Å². The maximum Gasteiger partial charge on any atom is 0.418 e. The van der Waals surface area contributed by atoms with E-state index in [0.29, 0.717) is 16.6 Å². The van der Waals surface area contributed by atoms with Crippen molar-refractivity contribution in [3.63, 3.8) is 0 Å². The molecule has 7 nitrogen and oxygen atoms in total. The summed E-state index contributed by atoms with van der Waals surface area (Å²) in [5, 5.41) is 15.4. The number of non-ortho nitro benzene ring substituents is 1. The molecule has 0 aromatic heterocycles. The van der Waals surface area contributed by atoms with Crippen LogP contribution in [0.1, 0.15) is 12.5 Å². The molecule has 0 saturated heterocycles. The first-order chi connectivity index (χ1) is 13.1. The third-order valence-corrected chi connectivity index (χ3v) is 4.35. The van der Waals surface area contributed by atoms with Gasteiger partial charge in [0, 0.05) is 29.6 Å². The molecule has 28 heavy (non-hydrogen) atoms. The molecule has 148 valence electrons. The number of thioether (sulfide) groups is 1. The fourth-order valence-electron chi connectivity index (χ4n) is 2.16. The number of hydrogen-bond acceptors (Lipinski definition) is 5. The van der Waals surface area contributed by atoms with Crippen molar-refractivity contribution in [2.75, 3.05) is 16.4 Å². The van der Waals surface area contributed by atoms with E-state index in [1.54, 1.807) is 24.3 Å². The first-order valence-electron chi connectivity index (χ1n) is 7.72. The lowest BCUT2D eigenvalue weighted by Crippen LogP contribution is -2.18. The van der Waals surface area contributed by atoms with Crippen molar-refractivity contribution in [3.05, 3.63) is 58.1 Å². The molecule has 0 atom stereocenters. The Bertz CT molecular complexity index is 902. The fourth-order valence-corrected chi connectivity index (χ4v) is 2.86. The van der Waals surface area contributed by atoms with Crippen LogP contribution < -0.4 is 10.6 Å². The molecule has 0 aliphatic rings. The second kappa shape index (κ2) is 8.74. The van der Waals surface area contributed by atoms with Crippen molar-refractivity contribution in [2.45, 2.75) is 18.0 Å². The molecule has 2 aromatic carbocycles. The molecule has 11 heteroatoms. The second-order valence-electron chi connectivity index (χ2n) is 5.53. The van der Waals surface area contributed by atoms with Gasteiger partial charge in [-0.25, -0.2) is 0 Å². The lowest BCUT2D eigenvalue weighted by Gasteiger charge is -2.13. The summed E-state index contributed by atoms with van der Waals surface area (Å²) < 4.78 is 39.3. The SMILES string of the molecule is CC(=O)Nc1ccc(SCC(=O)Nc2ccc([N+](=O)[O-])cc2C(F)(F)F)cc1. The van der Waals surface area contributed by atoms with E-state index >= 15 is 0 Å². The Morgan fingerprint density at radius 3 is 2.29 bits per heavy atom. The van der Waals surface area contributed by atoms with Gasteiger partial charge in [0.15, 0.2) is 0 Å². The second-order valence-corrected chi connectivity index (χ2v) is 6.58. The molecule has 0 unspecified atom stereocenters. The Morgan fingerprint density at radius 2 is 1.75 bits per heavy atom. The highest BCUT2D eigenvalue weighted by molar-refractivity contribution is 8.00. The molecule has 2 aromatic rings. The molecular weight excluding hydrogens is 399 g/mol. The number of halogens is 3. The Kier molecular flexibility index (Phi) is 6.62. The van der Waals surface area contributed by atoms with Gasteiger partial charge >= 0.3 is 6.18 Å². The first-order valence-corrected chi connectivity index (χ1v) is 8.71. The average Bonchev–Trinajstić information content (AvgIpc) is 2.60. The number of carbonyl (C=O) groups excluding carboxylic acids is 2. The van der Waals surface area contributed by atoms with E-state index in [1.807, 2.05) is 0 Å². The van der Waals surface area contributed by atoms with Gasteiger partial charge in [0.1, 0.15) is 0 Å². The smallest absolute Gasteiger partial charge is 0.326 e. The zero-order valence-corrected chi connectivity index (χ0v) is 15.2. The Labute approximate surface area is 161 Å². The summed E-state index contributed by atoms with van der Waals surface area (Å²) in [7, 11) is 0. The average molecular weight is 413 g/mol. The predicted molar refractivity (Wildman–Crippen MR) is 98.2 cm³/mol. The molecule has 0 aliphatic carbocycles. The minimum atomic E-state index is -4.86. The number of amides is 2. The van der Waals surface area contributed by atoms with Gasteiger partial charge in [-0.15, -0.1) is 11.8 Å². The first kappa shape index (κ1) is 21.2. The van der Waals surface area contributed by atoms with Gasteiger partial charge in [0.25, 0.3) is 5.69 Å². The van der Waals surface area contributed by atoms with Crippen molar-refractivity contribution >= 4 is 40.6 Å². The molecule has 0 heterocycles. The Balaban J connectivity index is 2.04. The van der Waals surface area contributed by atoms with Gasteiger partial charge in [-0.1, -0.05) is 0 Å². The van der Waals surface area contributed by atoms with E-state index in [-0.39, 0.29) is 11.7 Å². The number of nitro benzene ring substituents is 1. The number of carbonyl (C=O) groups is 2. The number of anilines is 2. The van der Waals surface area contributed by atoms with Gasteiger partial charge in [0.2, 0.25) is 11.8 Å². The van der Waals surface area contributed by atoms with Crippen LogP contribution in [0.25, 0.3) is 0 Å². The number of nitrogens with zero attached hydrogens (tertiary/aromatic N) is 1. The van der Waals surface area contributed by atoms with Crippen LogP contribution in [-0.4, -0.2) is 22.5 Å². The van der Waals surface area contributed by atoms with Gasteiger partial charge < -0.3 is 10.6 Å². The highest BCUT2D eigenvalue weighted by atomic mass is 32.2. The van der Waals surface area contributed by atoms with Crippen LogP contribution in [0, 0.1) is 10.1 Å². The quantitative estimate of drug-likeness (QED) is 0.418. The van der Waals surface area contributed by atoms with E-state index in [0.717, 1.165) is 23.9 Å². The Hall–Kier alpha value is -3.08. The van der Waals surface area contributed by atoms with Gasteiger partial charge in [-0.3, -0.25) is 19.7 Å². The Morgan fingerprint density at radius 1 is 1.11 bits per heavy atom. The lowest BCUT2D eigenvalue weighted by atomic mass is 10.1. The zero-order chi connectivity index (χ0) is 20.9. The molecule has 0 spiro atoms. The van der Waals surface area contributed by atoms with Crippen molar-refractivity contribution in [1.82, 2.24) is 0 Å². The number of benzene rings is 2. The third-order valence-electron chi connectivity index (χ3n) is 3.34. The van der Waals surface area contributed by atoms with Crippen LogP contribution in [-0.2, 0) is 15.8 Å². The summed E-state index contributed by atoms with van der Waals surface area (Å²) >= 11 is 1.08. The minimum absolute atomic E-state index is 0.173. The maximum atomic E-state index is 13.1. The summed E-state index contributed by atoms with van der Waals surface area (Å²) in [6.45, 7) is 1.36. The largest absolute Gasteiger partial charge is 0.418 e. The van der Waals surface area contributed by atoms with Crippen molar-refractivity contribution < 1.29 is 27.7 Å². The third kappa shape index (κ3) is 5.98. The molecule has 2 amide bonds. The number of alkyl halides is 3. The van der Waals surface area contributed by atoms with Crippen LogP contribution in [0.5, 0.6) is 0 Å². The van der Waals surface area contributed by atoms with Gasteiger partial charge in [-0.2, -0.15) is 13.2 Å². The van der Waals surface area contributed by atoms with Crippen LogP contribution >= 0.6 is 11.8 Å². The number of hydrogen-bond donors (Lipinski definition) is 2. The lowest BCUT2D eigenvalue weighted by molar-refractivity contribution is -0.385. The van der Waals surface area contributed by atoms with E-state index < -0.39 is 33.9 Å². The molecule has 0 saturated carbocycles. The topological polar surface area (TPSA) is 101 Å². The molecule has 0 bridgehead atoms. The van der Waals surface area contributed by atoms with Crippen LogP contribution in [0.4, 0.5) is 30.2 Å². The molecule has 2 rings (SSSR count). The van der Waals surface area contributed by atoms with Gasteiger partial charge in [0.05, 0.1) is 21.9 Å². The molecule has 0 fully saturated rings. The number of rotatable bonds is 6. The normalized spacial score (nSPS) is 11.0. The molecule has 2 N–H and O–H groups in total. The highest BCUT2D eigenvalue weighted by Gasteiger charge is 2.35. The molecule has 0 radical (unpaired) electrons. The van der Waals surface area contributed by atoms with Crippen molar-refractivity contribution in [3.8, 4) is 0 Å². The van der Waals surface area contributed by atoms with E-state index in [4.69, 9.17) is 0 Å². The van der Waals surface area contributed by atoms with E-state index in [2.05, 4.69) is 10.6 Å². The summed E-state index contributed by atoms with van der Waals surface area (Å²) in [4.78, 5) is 33.4. The monoisotopic (exact) mass is 413 g/mol. The predicted octanol–water partition coefficient (Wildman–Crippen LogP) is 4.30. The van der Waals surface area contributed by atoms with Crippen molar-refractivity contribution in [1.29, 1.82) is 0 Å². The summed E-state index contributed by atoms with van der Waals surface area (Å²) in [5.41, 5.74) is -2.00. The summed E-state index contributed by atoms with van der Waals surface area (Å²) in [6, 6.07) is 8.67. The van der Waals surface area contributed by atoms with E-state index in [9.17, 15) is 32.9 Å². The number of nitro groups is 1. The highest BCUT2D eigenvalue weighted by Crippen LogP contribution is 2.37.